The molecule has 0 saturated heterocycles. The highest BCUT2D eigenvalue weighted by Crippen LogP contribution is 2.43. The predicted molar refractivity (Wildman–Crippen MR) is 203 cm³/mol. The minimum atomic E-state index is -4.32. The Balaban J connectivity index is 4.50. The summed E-state index contributed by atoms with van der Waals surface area (Å²) < 4.78 is 23.5. The number of nitrogens with zero attached hydrogens (tertiary/aromatic N) is 1. The quantitative estimate of drug-likeness (QED) is 0.0260. The average Bonchev–Trinajstić information content (AvgIpc) is 3.02. The first kappa shape index (κ1) is 47.2. The molecule has 0 aromatic rings. The molecular weight excluding hydrogens is 623 g/mol. The zero-order chi connectivity index (χ0) is 35.8. The Kier molecular flexibility index (Phi) is 31.7. The van der Waals surface area contributed by atoms with Crippen LogP contribution in [-0.2, 0) is 18.4 Å². The maximum absolute atomic E-state index is 12.8. The van der Waals surface area contributed by atoms with Crippen molar-refractivity contribution in [1.82, 2.24) is 5.32 Å². The molecule has 0 fully saturated rings. The van der Waals surface area contributed by atoms with E-state index in [0.29, 0.717) is 17.4 Å². The molecule has 8 nitrogen and oxygen atoms in total. The Labute approximate surface area is 297 Å². The molecule has 3 N–H and O–H groups in total. The molecule has 0 aliphatic rings. The van der Waals surface area contributed by atoms with Gasteiger partial charge in [0.05, 0.1) is 39.9 Å². The van der Waals surface area contributed by atoms with Gasteiger partial charge in [-0.2, -0.15) is 0 Å². The fourth-order valence-electron chi connectivity index (χ4n) is 5.75. The molecule has 0 aromatic heterocycles. The van der Waals surface area contributed by atoms with Crippen molar-refractivity contribution in [1.29, 1.82) is 0 Å². The number of allylic oxidation sites excluding steroid dienone is 1. The number of hydrogen-bond donors (Lipinski definition) is 3. The van der Waals surface area contributed by atoms with E-state index in [1.165, 1.54) is 122 Å². The van der Waals surface area contributed by atoms with Crippen LogP contribution in [0.25, 0.3) is 0 Å². The summed E-state index contributed by atoms with van der Waals surface area (Å²) in [7, 11) is 1.58. The van der Waals surface area contributed by atoms with Crippen LogP contribution in [0.3, 0.4) is 0 Å². The van der Waals surface area contributed by atoms with Crippen molar-refractivity contribution in [3.05, 3.63) is 12.2 Å². The van der Waals surface area contributed by atoms with Crippen LogP contribution in [0.1, 0.15) is 181 Å². The van der Waals surface area contributed by atoms with Gasteiger partial charge in [-0.1, -0.05) is 167 Å². The van der Waals surface area contributed by atoms with Gasteiger partial charge in [0.2, 0.25) is 5.91 Å². The molecule has 0 aliphatic heterocycles. The van der Waals surface area contributed by atoms with E-state index in [4.69, 9.17) is 9.05 Å². The topological polar surface area (TPSA) is 105 Å². The molecule has 9 heteroatoms. The third-order valence-electron chi connectivity index (χ3n) is 9.01. The van der Waals surface area contributed by atoms with Gasteiger partial charge >= 0.3 is 7.82 Å². The molecule has 0 aromatic carbocycles. The molecule has 0 radical (unpaired) electrons. The van der Waals surface area contributed by atoms with Gasteiger partial charge in [-0.15, -0.1) is 0 Å². The molecule has 3 unspecified atom stereocenters. The van der Waals surface area contributed by atoms with Crippen molar-refractivity contribution in [2.24, 2.45) is 0 Å². The Morgan fingerprint density at radius 2 is 1.10 bits per heavy atom. The number of quaternary nitrogens is 1. The van der Waals surface area contributed by atoms with E-state index in [1.807, 2.05) is 27.2 Å². The van der Waals surface area contributed by atoms with Gasteiger partial charge in [0.15, 0.2) is 0 Å². The van der Waals surface area contributed by atoms with Crippen molar-refractivity contribution in [3.8, 4) is 0 Å². The molecule has 0 spiro atoms. The first-order valence-electron chi connectivity index (χ1n) is 20.1. The first-order chi connectivity index (χ1) is 23.0. The zero-order valence-corrected chi connectivity index (χ0v) is 33.1. The lowest BCUT2D eigenvalue weighted by Gasteiger charge is -2.25. The molecule has 0 bridgehead atoms. The van der Waals surface area contributed by atoms with Gasteiger partial charge in [0.25, 0.3) is 0 Å². The van der Waals surface area contributed by atoms with Crippen LogP contribution in [0.4, 0.5) is 0 Å². The highest BCUT2D eigenvalue weighted by molar-refractivity contribution is 7.47. The molecule has 1 amide bonds. The maximum atomic E-state index is 12.8. The summed E-state index contributed by atoms with van der Waals surface area (Å²) in [4.78, 5) is 23.0. The summed E-state index contributed by atoms with van der Waals surface area (Å²) in [6, 6.07) is -0.837. The molecule has 0 aliphatic carbocycles. The van der Waals surface area contributed by atoms with Crippen molar-refractivity contribution in [2.75, 3.05) is 40.9 Å². The Hall–Kier alpha value is -0.760. The lowest BCUT2D eigenvalue weighted by atomic mass is 10.0. The van der Waals surface area contributed by atoms with Crippen LogP contribution in [-0.4, -0.2) is 73.4 Å². The summed E-state index contributed by atoms with van der Waals surface area (Å²) in [5, 5.41) is 13.8. The van der Waals surface area contributed by atoms with E-state index in [0.717, 1.165) is 38.5 Å². The van der Waals surface area contributed by atoms with Gasteiger partial charge in [-0.05, 0) is 19.3 Å². The number of carbonyl (C=O) groups is 1. The first-order valence-corrected chi connectivity index (χ1v) is 21.6. The number of phosphoric acid groups is 1. The minimum Gasteiger partial charge on any atom is -0.387 e. The minimum absolute atomic E-state index is 0.0643. The second kappa shape index (κ2) is 32.2. The van der Waals surface area contributed by atoms with Gasteiger partial charge in [0, 0.05) is 6.42 Å². The van der Waals surface area contributed by atoms with Crippen molar-refractivity contribution < 1.29 is 32.9 Å². The largest absolute Gasteiger partial charge is 0.472 e. The molecule has 0 heterocycles. The third-order valence-corrected chi connectivity index (χ3v) is 9.99. The number of likely N-dealkylation sites (N-methyl/N-ethyl adjacent to an activating group) is 1. The smallest absolute Gasteiger partial charge is 0.387 e. The molecule has 48 heavy (non-hydrogen) atoms. The van der Waals surface area contributed by atoms with Gasteiger partial charge in [-0.25, -0.2) is 4.57 Å². The second-order valence-electron chi connectivity index (χ2n) is 15.0. The lowest BCUT2D eigenvalue weighted by molar-refractivity contribution is -0.870. The predicted octanol–water partition coefficient (Wildman–Crippen LogP) is 10.4. The van der Waals surface area contributed by atoms with Crippen LogP contribution in [0.15, 0.2) is 12.2 Å². The number of aliphatic hydroxyl groups excluding tert-OH is 1. The SMILES string of the molecule is CCCCCCCCCCCCCC/C=C/C(O)C(COP(=O)(O)OCC[N+](C)(C)C)NC(=O)CCCCCCCCCCCCCC. The monoisotopic (exact) mass is 704 g/mol. The van der Waals surface area contributed by atoms with Crippen LogP contribution in [0.5, 0.6) is 0 Å². The fourth-order valence-corrected chi connectivity index (χ4v) is 6.48. The summed E-state index contributed by atoms with van der Waals surface area (Å²) >= 11 is 0. The van der Waals surface area contributed by atoms with E-state index in [-0.39, 0.29) is 19.1 Å². The number of unbranched alkanes of at least 4 members (excludes halogenated alkanes) is 23. The van der Waals surface area contributed by atoms with Gasteiger partial charge in [0.1, 0.15) is 13.2 Å². The number of amides is 1. The number of aliphatic hydroxyl groups is 1. The van der Waals surface area contributed by atoms with E-state index in [1.54, 1.807) is 6.08 Å². The highest BCUT2D eigenvalue weighted by Gasteiger charge is 2.27. The van der Waals surface area contributed by atoms with Crippen molar-refractivity contribution in [3.63, 3.8) is 0 Å². The molecular formula is C39H80N2O6P+. The normalized spacial score (nSPS) is 14.7. The standard InChI is InChI=1S/C39H79N2O6P/c1-6-8-10-12-14-16-18-20-21-22-24-26-28-30-32-38(42)37(36-47-48(44,45)46-35-34-41(3,4)5)40-39(43)33-31-29-27-25-23-19-17-15-13-11-9-7-2/h30,32,37-38,42H,6-29,31,33-36H2,1-5H3,(H-,40,43,44,45)/p+1/b32-30+. The summed E-state index contributed by atoms with van der Waals surface area (Å²) in [5.74, 6) is -0.178. The summed E-state index contributed by atoms with van der Waals surface area (Å²) in [6.07, 6.45) is 34.1. The maximum Gasteiger partial charge on any atom is 0.472 e. The van der Waals surface area contributed by atoms with Crippen molar-refractivity contribution >= 4 is 13.7 Å². The number of hydrogen-bond acceptors (Lipinski definition) is 5. The summed E-state index contributed by atoms with van der Waals surface area (Å²) in [5.41, 5.74) is 0. The molecule has 3 atom stereocenters. The number of phosphoric ester groups is 1. The number of rotatable bonds is 36. The zero-order valence-electron chi connectivity index (χ0n) is 32.2. The Morgan fingerprint density at radius 1 is 0.688 bits per heavy atom. The number of carbonyl (C=O) groups excluding carboxylic acids is 1. The van der Waals surface area contributed by atoms with Crippen LogP contribution in [0.2, 0.25) is 0 Å². The second-order valence-corrected chi connectivity index (χ2v) is 16.5. The van der Waals surface area contributed by atoms with E-state index in [2.05, 4.69) is 19.2 Å². The molecule has 286 valence electrons. The van der Waals surface area contributed by atoms with Crippen LogP contribution >= 0.6 is 7.82 Å². The highest BCUT2D eigenvalue weighted by atomic mass is 31.2. The van der Waals surface area contributed by atoms with E-state index < -0.39 is 20.0 Å². The Morgan fingerprint density at radius 3 is 1.54 bits per heavy atom. The number of nitrogens with one attached hydrogen (secondary N) is 1. The molecule has 0 rings (SSSR count). The Bertz CT molecular complexity index is 804. The third kappa shape index (κ3) is 33.7. The average molecular weight is 704 g/mol. The van der Waals surface area contributed by atoms with Crippen molar-refractivity contribution in [2.45, 2.75) is 193 Å². The lowest BCUT2D eigenvalue weighted by Crippen LogP contribution is -2.45. The fraction of sp³-hybridized carbons (Fsp3) is 0.923. The van der Waals surface area contributed by atoms with E-state index >= 15 is 0 Å². The van der Waals surface area contributed by atoms with E-state index in [9.17, 15) is 19.4 Å². The summed E-state index contributed by atoms with van der Waals surface area (Å²) in [6.45, 7) is 4.80. The van der Waals surface area contributed by atoms with Crippen LogP contribution < -0.4 is 5.32 Å². The van der Waals surface area contributed by atoms with Gasteiger partial charge in [-0.3, -0.25) is 13.8 Å². The van der Waals surface area contributed by atoms with Crippen LogP contribution in [0, 0.1) is 0 Å². The molecule has 0 saturated carbocycles. The van der Waals surface area contributed by atoms with Gasteiger partial charge < -0.3 is 19.8 Å².